The first-order valence-electron chi connectivity index (χ1n) is 8.29. The fourth-order valence-corrected chi connectivity index (χ4v) is 3.46. The number of benzene rings is 1. The zero-order valence-corrected chi connectivity index (χ0v) is 14.9. The summed E-state index contributed by atoms with van der Waals surface area (Å²) in [6.45, 7) is 4.82. The molecule has 1 aliphatic heterocycles. The van der Waals surface area contributed by atoms with Crippen LogP contribution in [-0.4, -0.2) is 30.5 Å². The maximum atomic E-state index is 12.3. The summed E-state index contributed by atoms with van der Waals surface area (Å²) in [5.74, 6) is 0.924. The molecule has 0 saturated heterocycles. The Labute approximate surface area is 151 Å². The van der Waals surface area contributed by atoms with E-state index in [1.54, 1.807) is 11.8 Å². The summed E-state index contributed by atoms with van der Waals surface area (Å²) in [6.07, 6.45) is 4.00. The van der Waals surface area contributed by atoms with Crippen molar-refractivity contribution in [2.24, 2.45) is 0 Å². The molecular formula is C19H19ClN4O. The van der Waals surface area contributed by atoms with Crippen molar-refractivity contribution in [1.29, 1.82) is 0 Å². The highest BCUT2D eigenvalue weighted by Gasteiger charge is 2.32. The molecule has 3 aromatic rings. The van der Waals surface area contributed by atoms with Gasteiger partial charge in [0.25, 0.3) is 0 Å². The van der Waals surface area contributed by atoms with Crippen molar-refractivity contribution >= 4 is 17.5 Å². The Bertz CT molecular complexity index is 927. The number of carbonyl (C=O) groups is 1. The van der Waals surface area contributed by atoms with E-state index in [-0.39, 0.29) is 5.91 Å². The van der Waals surface area contributed by atoms with Crippen molar-refractivity contribution in [3.63, 3.8) is 0 Å². The van der Waals surface area contributed by atoms with Crippen molar-refractivity contribution in [3.8, 4) is 11.5 Å². The number of rotatable bonds is 3. The smallest absolute Gasteiger partial charge is 0.240 e. The van der Waals surface area contributed by atoms with Gasteiger partial charge in [0.2, 0.25) is 5.91 Å². The van der Waals surface area contributed by atoms with Gasteiger partial charge in [-0.2, -0.15) is 5.10 Å². The van der Waals surface area contributed by atoms with Crippen LogP contribution in [0.5, 0.6) is 0 Å². The quantitative estimate of drug-likeness (QED) is 0.676. The highest BCUT2D eigenvalue weighted by molar-refractivity contribution is 6.30. The number of amides is 1. The number of hydrogen-bond donors (Lipinski definition) is 0. The van der Waals surface area contributed by atoms with Crippen LogP contribution in [0.4, 0.5) is 0 Å². The molecule has 0 radical (unpaired) electrons. The molecule has 0 N–H and O–H groups in total. The van der Waals surface area contributed by atoms with Crippen LogP contribution in [0, 0.1) is 6.92 Å². The third kappa shape index (κ3) is 2.65. The molecule has 5 nitrogen and oxygen atoms in total. The molecule has 0 saturated carbocycles. The van der Waals surface area contributed by atoms with E-state index in [1.165, 1.54) is 0 Å². The first-order valence-corrected chi connectivity index (χ1v) is 8.73. The molecule has 0 bridgehead atoms. The summed E-state index contributed by atoms with van der Waals surface area (Å²) in [4.78, 5) is 14.0. The van der Waals surface area contributed by atoms with Crippen LogP contribution >= 0.6 is 11.6 Å². The lowest BCUT2D eigenvalue weighted by molar-refractivity contribution is -0.131. The Hall–Kier alpha value is -2.53. The SMILES string of the molecule is Cc1ccccc1-n1nc2c(c1-n1cccc1)CN(C(=O)C(C)Cl)C2. The second-order valence-electron chi connectivity index (χ2n) is 6.35. The van der Waals surface area contributed by atoms with Crippen LogP contribution in [0.3, 0.4) is 0 Å². The van der Waals surface area contributed by atoms with Crippen molar-refractivity contribution in [1.82, 2.24) is 19.2 Å². The number of carbonyl (C=O) groups excluding carboxylic acids is 1. The molecular weight excluding hydrogens is 336 g/mol. The molecule has 1 atom stereocenters. The van der Waals surface area contributed by atoms with Crippen LogP contribution < -0.4 is 0 Å². The average Bonchev–Trinajstić information content (AvgIpc) is 3.29. The molecule has 0 fully saturated rings. The van der Waals surface area contributed by atoms with Gasteiger partial charge in [-0.1, -0.05) is 18.2 Å². The summed E-state index contributed by atoms with van der Waals surface area (Å²) in [7, 11) is 0. The maximum absolute atomic E-state index is 12.3. The predicted octanol–water partition coefficient (Wildman–Crippen LogP) is 3.44. The fraction of sp³-hybridized carbons (Fsp3) is 0.263. The average molecular weight is 355 g/mol. The lowest BCUT2D eigenvalue weighted by atomic mass is 10.2. The molecule has 1 aliphatic rings. The zero-order valence-electron chi connectivity index (χ0n) is 14.2. The van der Waals surface area contributed by atoms with Gasteiger partial charge in [0.15, 0.2) is 0 Å². The second-order valence-corrected chi connectivity index (χ2v) is 7.00. The van der Waals surface area contributed by atoms with Gasteiger partial charge in [0.05, 0.1) is 24.5 Å². The lowest BCUT2D eigenvalue weighted by Crippen LogP contribution is -2.31. The predicted molar refractivity (Wildman–Crippen MR) is 97.2 cm³/mol. The zero-order chi connectivity index (χ0) is 17.6. The largest absolute Gasteiger partial charge is 0.331 e. The summed E-state index contributed by atoms with van der Waals surface area (Å²) in [5.41, 5.74) is 4.20. The number of fused-ring (bicyclic) bond motifs is 1. The highest BCUT2D eigenvalue weighted by atomic mass is 35.5. The van der Waals surface area contributed by atoms with E-state index in [0.717, 1.165) is 28.3 Å². The summed E-state index contributed by atoms with van der Waals surface area (Å²) in [5, 5.41) is 4.30. The minimum absolute atomic E-state index is 0.0550. The number of halogens is 1. The Morgan fingerprint density at radius 1 is 1.16 bits per heavy atom. The van der Waals surface area contributed by atoms with Gasteiger partial charge in [0.1, 0.15) is 11.2 Å². The molecule has 128 valence electrons. The van der Waals surface area contributed by atoms with Crippen molar-refractivity contribution in [2.45, 2.75) is 32.3 Å². The number of aromatic nitrogens is 3. The van der Waals surface area contributed by atoms with E-state index in [4.69, 9.17) is 16.7 Å². The normalized spacial score (nSPS) is 14.6. The van der Waals surface area contributed by atoms with Gasteiger partial charge in [-0.15, -0.1) is 11.6 Å². The van der Waals surface area contributed by atoms with Gasteiger partial charge >= 0.3 is 0 Å². The fourth-order valence-electron chi connectivity index (χ4n) is 3.32. The van der Waals surface area contributed by atoms with Crippen molar-refractivity contribution in [3.05, 3.63) is 65.6 Å². The first kappa shape index (κ1) is 16.0. The Kier molecular flexibility index (Phi) is 3.88. The Morgan fingerprint density at radius 2 is 1.88 bits per heavy atom. The summed E-state index contributed by atoms with van der Waals surface area (Å²) < 4.78 is 4.03. The molecule has 25 heavy (non-hydrogen) atoms. The molecule has 1 amide bonds. The van der Waals surface area contributed by atoms with Gasteiger partial charge in [0, 0.05) is 18.0 Å². The minimum Gasteiger partial charge on any atom is -0.331 e. The minimum atomic E-state index is -0.525. The first-order chi connectivity index (χ1) is 12.1. The third-order valence-electron chi connectivity index (χ3n) is 4.57. The van der Waals surface area contributed by atoms with E-state index < -0.39 is 5.38 Å². The molecule has 1 unspecified atom stereocenters. The monoisotopic (exact) mass is 354 g/mol. The van der Waals surface area contributed by atoms with Gasteiger partial charge in [-0.05, 0) is 37.6 Å². The number of hydrogen-bond acceptors (Lipinski definition) is 2. The van der Waals surface area contributed by atoms with Gasteiger partial charge < -0.3 is 9.47 Å². The van der Waals surface area contributed by atoms with Crippen LogP contribution in [0.25, 0.3) is 11.5 Å². The number of alkyl halides is 1. The van der Waals surface area contributed by atoms with Crippen LogP contribution in [0.15, 0.2) is 48.8 Å². The van der Waals surface area contributed by atoms with Crippen LogP contribution in [-0.2, 0) is 17.9 Å². The molecule has 4 rings (SSSR count). The van der Waals surface area contributed by atoms with E-state index >= 15 is 0 Å². The second kappa shape index (κ2) is 6.08. The van der Waals surface area contributed by atoms with Crippen molar-refractivity contribution in [2.75, 3.05) is 0 Å². The summed E-state index contributed by atoms with van der Waals surface area (Å²) in [6, 6.07) is 12.1. The van der Waals surface area contributed by atoms with E-state index in [1.807, 2.05) is 41.3 Å². The number of aryl methyl sites for hydroxylation is 1. The summed E-state index contributed by atoms with van der Waals surface area (Å²) >= 11 is 5.98. The van der Waals surface area contributed by atoms with E-state index in [2.05, 4.69) is 23.6 Å². The van der Waals surface area contributed by atoms with Crippen molar-refractivity contribution < 1.29 is 4.79 Å². The van der Waals surface area contributed by atoms with Gasteiger partial charge in [-0.25, -0.2) is 4.68 Å². The lowest BCUT2D eigenvalue weighted by Gasteiger charge is -2.19. The Balaban J connectivity index is 1.84. The van der Waals surface area contributed by atoms with Crippen LogP contribution in [0.1, 0.15) is 23.7 Å². The molecule has 3 heterocycles. The van der Waals surface area contributed by atoms with Crippen LogP contribution in [0.2, 0.25) is 0 Å². The highest BCUT2D eigenvalue weighted by Crippen LogP contribution is 2.31. The Morgan fingerprint density at radius 3 is 2.56 bits per heavy atom. The molecule has 6 heteroatoms. The maximum Gasteiger partial charge on any atom is 0.240 e. The third-order valence-corrected chi connectivity index (χ3v) is 4.76. The standard InChI is InChI=1S/C19H19ClN4O/c1-13-7-3-4-8-17(13)24-18(22-9-5-6-10-22)15-11-23(12-16(15)21-24)19(25)14(2)20/h3-10,14H,11-12H2,1-2H3. The molecule has 0 aliphatic carbocycles. The number of para-hydroxylation sites is 1. The number of nitrogens with zero attached hydrogens (tertiary/aromatic N) is 4. The van der Waals surface area contributed by atoms with E-state index in [0.29, 0.717) is 13.1 Å². The van der Waals surface area contributed by atoms with Gasteiger partial charge in [-0.3, -0.25) is 4.79 Å². The topological polar surface area (TPSA) is 43.1 Å². The molecule has 2 aromatic heterocycles. The molecule has 1 aromatic carbocycles. The molecule has 0 spiro atoms. The van der Waals surface area contributed by atoms with E-state index in [9.17, 15) is 4.79 Å².